The molecule has 2 nitrogen and oxygen atoms in total. The highest BCUT2D eigenvalue weighted by molar-refractivity contribution is 9.10. The molecule has 0 radical (unpaired) electrons. The second-order valence-electron chi connectivity index (χ2n) is 4.27. The van der Waals surface area contributed by atoms with Crippen molar-refractivity contribution >= 4 is 15.9 Å². The van der Waals surface area contributed by atoms with Gasteiger partial charge in [0.2, 0.25) is 0 Å². The first-order valence-electron chi connectivity index (χ1n) is 6.03. The topological polar surface area (TPSA) is 35.2 Å². The van der Waals surface area contributed by atoms with Gasteiger partial charge in [0.05, 0.1) is 0 Å². The van der Waals surface area contributed by atoms with Crippen LogP contribution in [-0.4, -0.2) is 6.54 Å². The molecule has 0 amide bonds. The fraction of sp³-hybridized carbons (Fsp3) is 0.200. The van der Waals surface area contributed by atoms with E-state index >= 15 is 0 Å². The number of nitrogens with two attached hydrogens (primary N) is 1. The van der Waals surface area contributed by atoms with Crippen LogP contribution < -0.4 is 10.5 Å². The number of rotatable bonds is 4. The van der Waals surface area contributed by atoms with E-state index in [9.17, 15) is 4.39 Å². The minimum atomic E-state index is -0.282. The molecule has 2 N–H and O–H groups in total. The van der Waals surface area contributed by atoms with Crippen molar-refractivity contribution < 1.29 is 9.13 Å². The predicted molar refractivity (Wildman–Crippen MR) is 78.1 cm³/mol. The number of benzene rings is 2. The summed E-state index contributed by atoms with van der Waals surface area (Å²) in [5.74, 6) is 0.945. The Morgan fingerprint density at radius 2 is 2.00 bits per heavy atom. The molecule has 0 saturated heterocycles. The van der Waals surface area contributed by atoms with Gasteiger partial charge in [-0.1, -0.05) is 28.1 Å². The molecule has 2 aromatic rings. The number of hydrogen-bond acceptors (Lipinski definition) is 2. The third-order valence-electron chi connectivity index (χ3n) is 2.84. The van der Waals surface area contributed by atoms with Crippen molar-refractivity contribution in [3.05, 3.63) is 57.8 Å². The van der Waals surface area contributed by atoms with Crippen LogP contribution in [0.4, 0.5) is 4.39 Å². The highest BCUT2D eigenvalue weighted by Gasteiger charge is 2.11. The Morgan fingerprint density at radius 1 is 1.21 bits per heavy atom. The quantitative estimate of drug-likeness (QED) is 0.915. The Labute approximate surface area is 120 Å². The molecular weight excluding hydrogens is 309 g/mol. The van der Waals surface area contributed by atoms with Crippen LogP contribution in [0.15, 0.2) is 40.9 Å². The third-order valence-corrected chi connectivity index (χ3v) is 3.33. The largest absolute Gasteiger partial charge is 0.457 e. The summed E-state index contributed by atoms with van der Waals surface area (Å²) in [7, 11) is 0. The summed E-state index contributed by atoms with van der Waals surface area (Å²) in [5, 5.41) is 0. The zero-order chi connectivity index (χ0) is 13.8. The van der Waals surface area contributed by atoms with Crippen LogP contribution in [0.2, 0.25) is 0 Å². The van der Waals surface area contributed by atoms with Gasteiger partial charge in [-0.2, -0.15) is 0 Å². The molecule has 0 fully saturated rings. The Morgan fingerprint density at radius 3 is 2.74 bits per heavy atom. The lowest BCUT2D eigenvalue weighted by Gasteiger charge is -2.13. The molecule has 2 aromatic carbocycles. The molecular formula is C15H15BrFNO. The molecule has 100 valence electrons. The zero-order valence-electron chi connectivity index (χ0n) is 10.6. The first kappa shape index (κ1) is 14.0. The van der Waals surface area contributed by atoms with E-state index in [4.69, 9.17) is 10.5 Å². The Balaban J connectivity index is 2.37. The summed E-state index contributed by atoms with van der Waals surface area (Å²) >= 11 is 3.40. The normalized spacial score (nSPS) is 10.5. The van der Waals surface area contributed by atoms with Crippen LogP contribution in [0.1, 0.15) is 11.1 Å². The average molecular weight is 324 g/mol. The molecule has 0 aliphatic carbocycles. The first-order chi connectivity index (χ1) is 9.11. The summed E-state index contributed by atoms with van der Waals surface area (Å²) in [6.45, 7) is 2.33. The number of hydrogen-bond donors (Lipinski definition) is 1. The van der Waals surface area contributed by atoms with Gasteiger partial charge in [-0.05, 0) is 49.7 Å². The van der Waals surface area contributed by atoms with E-state index in [2.05, 4.69) is 15.9 Å². The molecule has 0 unspecified atom stereocenters. The van der Waals surface area contributed by atoms with Gasteiger partial charge in [-0.3, -0.25) is 0 Å². The molecule has 0 atom stereocenters. The Bertz CT molecular complexity index is 586. The maximum absolute atomic E-state index is 13.8. The number of halogens is 2. The summed E-state index contributed by atoms with van der Waals surface area (Å²) in [4.78, 5) is 0. The van der Waals surface area contributed by atoms with E-state index in [-0.39, 0.29) is 5.82 Å². The van der Waals surface area contributed by atoms with Gasteiger partial charge >= 0.3 is 0 Å². The minimum absolute atomic E-state index is 0.282. The van der Waals surface area contributed by atoms with Crippen molar-refractivity contribution in [1.82, 2.24) is 0 Å². The smallest absolute Gasteiger partial charge is 0.133 e. The van der Waals surface area contributed by atoms with Crippen LogP contribution in [0.5, 0.6) is 11.5 Å². The Hall–Kier alpha value is -1.39. The predicted octanol–water partition coefficient (Wildman–Crippen LogP) is 4.19. The van der Waals surface area contributed by atoms with Crippen molar-refractivity contribution in [2.45, 2.75) is 13.3 Å². The summed E-state index contributed by atoms with van der Waals surface area (Å²) in [6.07, 6.45) is 0.453. The third kappa shape index (κ3) is 3.33. The zero-order valence-corrected chi connectivity index (χ0v) is 12.2. The van der Waals surface area contributed by atoms with Crippen molar-refractivity contribution in [3.8, 4) is 11.5 Å². The SMILES string of the molecule is Cc1ccc(Br)cc1Oc1cccc(F)c1CCN. The van der Waals surface area contributed by atoms with E-state index in [1.54, 1.807) is 12.1 Å². The van der Waals surface area contributed by atoms with Gasteiger partial charge in [0.1, 0.15) is 17.3 Å². The molecule has 0 bridgehead atoms. The van der Waals surface area contributed by atoms with E-state index in [0.29, 0.717) is 30.0 Å². The summed E-state index contributed by atoms with van der Waals surface area (Å²) in [6, 6.07) is 10.6. The fourth-order valence-corrected chi connectivity index (χ4v) is 2.16. The van der Waals surface area contributed by atoms with Gasteiger partial charge in [0, 0.05) is 10.0 Å². The second-order valence-corrected chi connectivity index (χ2v) is 5.18. The van der Waals surface area contributed by atoms with Gasteiger partial charge in [-0.15, -0.1) is 0 Å². The van der Waals surface area contributed by atoms with Crippen molar-refractivity contribution in [2.75, 3.05) is 6.54 Å². The van der Waals surface area contributed by atoms with Crippen LogP contribution in [0, 0.1) is 12.7 Å². The monoisotopic (exact) mass is 323 g/mol. The maximum Gasteiger partial charge on any atom is 0.133 e. The number of ether oxygens (including phenoxy) is 1. The minimum Gasteiger partial charge on any atom is -0.457 e. The maximum atomic E-state index is 13.8. The second kappa shape index (κ2) is 6.17. The van der Waals surface area contributed by atoms with Crippen LogP contribution in [0.25, 0.3) is 0 Å². The van der Waals surface area contributed by atoms with Gasteiger partial charge in [0.15, 0.2) is 0 Å². The highest BCUT2D eigenvalue weighted by Crippen LogP contribution is 2.31. The van der Waals surface area contributed by atoms with Crippen LogP contribution in [-0.2, 0) is 6.42 Å². The molecule has 0 heterocycles. The van der Waals surface area contributed by atoms with Gasteiger partial charge in [-0.25, -0.2) is 4.39 Å². The number of aryl methyl sites for hydroxylation is 1. The van der Waals surface area contributed by atoms with Crippen LogP contribution >= 0.6 is 15.9 Å². The first-order valence-corrected chi connectivity index (χ1v) is 6.82. The fourth-order valence-electron chi connectivity index (χ4n) is 1.82. The Kier molecular flexibility index (Phi) is 4.56. The van der Waals surface area contributed by atoms with E-state index in [1.807, 2.05) is 25.1 Å². The van der Waals surface area contributed by atoms with Crippen molar-refractivity contribution in [1.29, 1.82) is 0 Å². The van der Waals surface area contributed by atoms with Crippen molar-refractivity contribution in [3.63, 3.8) is 0 Å². The highest BCUT2D eigenvalue weighted by atomic mass is 79.9. The van der Waals surface area contributed by atoms with E-state index in [1.165, 1.54) is 6.07 Å². The summed E-state index contributed by atoms with van der Waals surface area (Å²) < 4.78 is 20.5. The molecule has 0 aromatic heterocycles. The molecule has 19 heavy (non-hydrogen) atoms. The summed E-state index contributed by atoms with van der Waals surface area (Å²) in [5.41, 5.74) is 7.03. The molecule has 0 spiro atoms. The van der Waals surface area contributed by atoms with Crippen LogP contribution in [0.3, 0.4) is 0 Å². The molecule has 0 aliphatic heterocycles. The molecule has 2 rings (SSSR count). The molecule has 4 heteroatoms. The lowest BCUT2D eigenvalue weighted by Crippen LogP contribution is -2.06. The lowest BCUT2D eigenvalue weighted by atomic mass is 10.1. The van der Waals surface area contributed by atoms with Gasteiger partial charge < -0.3 is 10.5 Å². The molecule has 0 aliphatic rings. The average Bonchev–Trinajstić information content (AvgIpc) is 2.38. The molecule has 0 saturated carbocycles. The van der Waals surface area contributed by atoms with E-state index in [0.717, 1.165) is 10.0 Å². The standard InChI is InChI=1S/C15H15BrFNO/c1-10-5-6-11(16)9-15(10)19-14-4-2-3-13(17)12(14)7-8-18/h2-6,9H,7-8,18H2,1H3. The van der Waals surface area contributed by atoms with E-state index < -0.39 is 0 Å². The van der Waals surface area contributed by atoms with Gasteiger partial charge in [0.25, 0.3) is 0 Å². The van der Waals surface area contributed by atoms with Crippen molar-refractivity contribution in [2.24, 2.45) is 5.73 Å². The lowest BCUT2D eigenvalue weighted by molar-refractivity contribution is 0.463.